The molecule has 1 atom stereocenters. The van der Waals surface area contributed by atoms with Gasteiger partial charge in [0.05, 0.1) is 23.5 Å². The van der Waals surface area contributed by atoms with Crippen molar-refractivity contribution in [2.75, 3.05) is 45.1 Å². The smallest absolute Gasteiger partial charge is 0.130 e. The number of anilines is 1. The zero-order chi connectivity index (χ0) is 20.2. The summed E-state index contributed by atoms with van der Waals surface area (Å²) >= 11 is 0. The van der Waals surface area contributed by atoms with E-state index in [9.17, 15) is 5.11 Å². The zero-order valence-electron chi connectivity index (χ0n) is 17.0. The zero-order valence-corrected chi connectivity index (χ0v) is 17.0. The fourth-order valence-electron chi connectivity index (χ4n) is 4.00. The molecule has 0 unspecified atom stereocenters. The molecule has 7 heteroatoms. The number of likely N-dealkylation sites (N-methyl/N-ethyl adjacent to an activating group) is 1. The number of likely N-dealkylation sites (tertiary alicyclic amines) is 1. The van der Waals surface area contributed by atoms with Gasteiger partial charge in [-0.15, -0.1) is 0 Å². The van der Waals surface area contributed by atoms with Gasteiger partial charge in [-0.25, -0.2) is 9.97 Å². The van der Waals surface area contributed by atoms with Crippen LogP contribution in [0.1, 0.15) is 16.8 Å². The van der Waals surface area contributed by atoms with E-state index < -0.39 is 6.10 Å². The Bertz CT molecular complexity index is 851. The van der Waals surface area contributed by atoms with E-state index in [2.05, 4.69) is 68.3 Å². The summed E-state index contributed by atoms with van der Waals surface area (Å²) in [6.07, 6.45) is 2.12. The largest absolute Gasteiger partial charge is 0.390 e. The number of aliphatic hydroxyl groups excluding tert-OH is 1. The number of β-amino-alcohol motifs (C(OH)–C–C–N with tert-alkyl or cyclic N) is 1. The normalized spacial score (nSPS) is 18.6. The minimum atomic E-state index is -0.470. The first-order valence-electron chi connectivity index (χ1n) is 10.2. The number of hydrogen-bond acceptors (Lipinski definition) is 7. The molecule has 1 aromatic heterocycles. The van der Waals surface area contributed by atoms with E-state index in [1.165, 1.54) is 11.1 Å². The van der Waals surface area contributed by atoms with E-state index in [1.54, 1.807) is 6.33 Å². The minimum Gasteiger partial charge on any atom is -0.390 e. The number of nitrogens with one attached hydrogen (secondary N) is 2. The maximum absolute atomic E-state index is 10.5. The first-order chi connectivity index (χ1) is 14.1. The van der Waals surface area contributed by atoms with E-state index in [4.69, 9.17) is 0 Å². The molecule has 1 fully saturated rings. The molecule has 29 heavy (non-hydrogen) atoms. The Balaban J connectivity index is 1.24. The SMILES string of the molecule is C=C(NC[C@H](O)CN1CCc2ccccc2C1)c1cc(NC2CN(C)C2)ncn1. The third kappa shape index (κ3) is 5.12. The van der Waals surface area contributed by atoms with Crippen LogP contribution in [0.5, 0.6) is 0 Å². The van der Waals surface area contributed by atoms with Gasteiger partial charge in [-0.2, -0.15) is 0 Å². The van der Waals surface area contributed by atoms with E-state index in [-0.39, 0.29) is 0 Å². The predicted molar refractivity (Wildman–Crippen MR) is 115 cm³/mol. The molecule has 0 bridgehead atoms. The number of nitrogens with zero attached hydrogens (tertiary/aromatic N) is 4. The second-order valence-electron chi connectivity index (χ2n) is 8.12. The molecule has 0 saturated carbocycles. The molecular weight excluding hydrogens is 364 g/mol. The van der Waals surface area contributed by atoms with Crippen LogP contribution in [0, 0.1) is 0 Å². The number of aliphatic hydroxyl groups is 1. The molecule has 3 heterocycles. The number of rotatable bonds is 8. The highest BCUT2D eigenvalue weighted by Gasteiger charge is 2.23. The van der Waals surface area contributed by atoms with Crippen LogP contribution in [0.4, 0.5) is 5.82 Å². The number of fused-ring (bicyclic) bond motifs is 1. The molecule has 7 nitrogen and oxygen atoms in total. The second kappa shape index (κ2) is 8.90. The lowest BCUT2D eigenvalue weighted by molar-refractivity contribution is 0.107. The van der Waals surface area contributed by atoms with Gasteiger partial charge in [0.15, 0.2) is 0 Å². The molecule has 2 aromatic rings. The Morgan fingerprint density at radius 1 is 1.28 bits per heavy atom. The van der Waals surface area contributed by atoms with Crippen molar-refractivity contribution >= 4 is 11.5 Å². The van der Waals surface area contributed by atoms with E-state index in [1.807, 2.05) is 6.07 Å². The molecule has 2 aliphatic heterocycles. The third-order valence-corrected chi connectivity index (χ3v) is 5.62. The molecule has 0 aliphatic carbocycles. The highest BCUT2D eigenvalue weighted by atomic mass is 16.3. The van der Waals surface area contributed by atoms with Gasteiger partial charge >= 0.3 is 0 Å². The predicted octanol–water partition coefficient (Wildman–Crippen LogP) is 1.18. The van der Waals surface area contributed by atoms with Crippen LogP contribution >= 0.6 is 0 Å². The van der Waals surface area contributed by atoms with Crippen molar-refractivity contribution < 1.29 is 5.11 Å². The van der Waals surface area contributed by atoms with Gasteiger partial charge in [-0.3, -0.25) is 4.90 Å². The highest BCUT2D eigenvalue weighted by molar-refractivity contribution is 5.60. The third-order valence-electron chi connectivity index (χ3n) is 5.62. The summed E-state index contributed by atoms with van der Waals surface area (Å²) in [5.74, 6) is 0.809. The molecule has 2 aliphatic rings. The van der Waals surface area contributed by atoms with Crippen molar-refractivity contribution in [2.24, 2.45) is 0 Å². The first kappa shape index (κ1) is 19.8. The molecule has 1 saturated heterocycles. The van der Waals surface area contributed by atoms with Gasteiger partial charge in [0.2, 0.25) is 0 Å². The monoisotopic (exact) mass is 394 g/mol. The number of benzene rings is 1. The number of aromatic nitrogens is 2. The van der Waals surface area contributed by atoms with Gasteiger partial charge in [-0.1, -0.05) is 30.8 Å². The number of hydrogen-bond donors (Lipinski definition) is 3. The quantitative estimate of drug-likeness (QED) is 0.621. The van der Waals surface area contributed by atoms with Crippen molar-refractivity contribution in [1.82, 2.24) is 25.1 Å². The Morgan fingerprint density at radius 3 is 2.86 bits per heavy atom. The standard InChI is InChI=1S/C22H30N6O/c1-16(21-9-22(25-15-24-21)26-19-12-27(2)13-19)23-10-20(29)14-28-8-7-17-5-3-4-6-18(17)11-28/h3-6,9,15,19-20,23,29H,1,7-8,10-14H2,2H3,(H,24,25,26)/t20-/m0/s1. The fourth-order valence-corrected chi connectivity index (χ4v) is 4.00. The van der Waals surface area contributed by atoms with Gasteiger partial charge in [0.25, 0.3) is 0 Å². The van der Waals surface area contributed by atoms with Crippen LogP contribution in [-0.4, -0.2) is 76.8 Å². The van der Waals surface area contributed by atoms with E-state index >= 15 is 0 Å². The lowest BCUT2D eigenvalue weighted by Crippen LogP contribution is -2.52. The first-order valence-corrected chi connectivity index (χ1v) is 10.2. The second-order valence-corrected chi connectivity index (χ2v) is 8.12. The summed E-state index contributed by atoms with van der Waals surface area (Å²) < 4.78 is 0. The van der Waals surface area contributed by atoms with Gasteiger partial charge in [-0.05, 0) is 24.6 Å². The minimum absolute atomic E-state index is 0.431. The lowest BCUT2D eigenvalue weighted by atomic mass is 10.00. The van der Waals surface area contributed by atoms with Crippen LogP contribution in [-0.2, 0) is 13.0 Å². The molecule has 0 spiro atoms. The summed E-state index contributed by atoms with van der Waals surface area (Å²) in [6, 6.07) is 10.9. The molecule has 4 rings (SSSR count). The summed E-state index contributed by atoms with van der Waals surface area (Å²) in [4.78, 5) is 13.2. The lowest BCUT2D eigenvalue weighted by Gasteiger charge is -2.36. The topological polar surface area (TPSA) is 76.6 Å². The summed E-state index contributed by atoms with van der Waals surface area (Å²) in [5, 5.41) is 17.1. The fraction of sp³-hybridized carbons (Fsp3) is 0.455. The van der Waals surface area contributed by atoms with E-state index in [0.717, 1.165) is 44.1 Å². The van der Waals surface area contributed by atoms with Crippen LogP contribution in [0.2, 0.25) is 0 Å². The highest BCUT2D eigenvalue weighted by Crippen LogP contribution is 2.19. The summed E-state index contributed by atoms with van der Waals surface area (Å²) in [7, 11) is 2.10. The Labute approximate surface area is 172 Å². The van der Waals surface area contributed by atoms with Gasteiger partial charge in [0.1, 0.15) is 12.1 Å². The molecule has 154 valence electrons. The van der Waals surface area contributed by atoms with Crippen LogP contribution < -0.4 is 10.6 Å². The molecule has 1 aromatic carbocycles. The van der Waals surface area contributed by atoms with Crippen molar-refractivity contribution in [1.29, 1.82) is 0 Å². The summed E-state index contributed by atoms with van der Waals surface area (Å²) in [6.45, 7) is 9.07. The van der Waals surface area contributed by atoms with Gasteiger partial charge in [0, 0.05) is 45.3 Å². The van der Waals surface area contributed by atoms with Crippen LogP contribution in [0.15, 0.2) is 43.2 Å². The van der Waals surface area contributed by atoms with Crippen LogP contribution in [0.25, 0.3) is 5.70 Å². The Kier molecular flexibility index (Phi) is 6.08. The van der Waals surface area contributed by atoms with Crippen molar-refractivity contribution in [3.8, 4) is 0 Å². The van der Waals surface area contributed by atoms with Crippen LogP contribution in [0.3, 0.4) is 0 Å². The van der Waals surface area contributed by atoms with Crippen molar-refractivity contribution in [2.45, 2.75) is 25.1 Å². The maximum atomic E-state index is 10.5. The Hall–Kier alpha value is -2.48. The average molecular weight is 395 g/mol. The van der Waals surface area contributed by atoms with Gasteiger partial charge < -0.3 is 20.6 Å². The molecular formula is C22H30N6O. The molecule has 0 radical (unpaired) electrons. The maximum Gasteiger partial charge on any atom is 0.130 e. The van der Waals surface area contributed by atoms with Crippen molar-refractivity contribution in [3.63, 3.8) is 0 Å². The average Bonchev–Trinajstić information content (AvgIpc) is 2.71. The molecule has 3 N–H and O–H groups in total. The molecule has 0 amide bonds. The van der Waals surface area contributed by atoms with E-state index in [0.29, 0.717) is 24.8 Å². The van der Waals surface area contributed by atoms with Crippen molar-refractivity contribution in [3.05, 3.63) is 60.1 Å². The Morgan fingerprint density at radius 2 is 2.07 bits per heavy atom. The summed E-state index contributed by atoms with van der Waals surface area (Å²) in [5.41, 5.74) is 4.23.